The Morgan fingerprint density at radius 2 is 1.85 bits per heavy atom. The van der Waals surface area contributed by atoms with Crippen molar-refractivity contribution in [2.45, 2.75) is 26.9 Å². The zero-order valence-electron chi connectivity index (χ0n) is 23.6. The fraction of sp³-hybridized carbons (Fsp3) is 0.323. The number of likely N-dealkylation sites (N-methyl/N-ethyl adjacent to an activating group) is 1. The van der Waals surface area contributed by atoms with E-state index in [4.69, 9.17) is 11.6 Å². The second kappa shape index (κ2) is 11.2. The minimum absolute atomic E-state index is 0.142. The van der Waals surface area contributed by atoms with E-state index in [1.54, 1.807) is 22.9 Å². The summed E-state index contributed by atoms with van der Waals surface area (Å²) in [6.07, 6.45) is 3.64. The monoisotopic (exact) mass is 571 g/mol. The van der Waals surface area contributed by atoms with Crippen LogP contribution in [0.1, 0.15) is 34.0 Å². The first-order chi connectivity index (χ1) is 19.8. The summed E-state index contributed by atoms with van der Waals surface area (Å²) in [5.41, 5.74) is 6.34. The van der Waals surface area contributed by atoms with Gasteiger partial charge >= 0.3 is 6.03 Å². The van der Waals surface area contributed by atoms with Crippen molar-refractivity contribution >= 4 is 51.6 Å². The number of carbonyl (C=O) groups is 2. The smallest absolute Gasteiger partial charge is 0.329 e. The molecule has 10 heteroatoms. The molecule has 4 aromatic rings. The Kier molecular flexibility index (Phi) is 7.42. The molecule has 1 saturated heterocycles. The highest BCUT2D eigenvalue weighted by atomic mass is 35.5. The maximum Gasteiger partial charge on any atom is 0.329 e. The third-order valence-corrected chi connectivity index (χ3v) is 8.55. The number of fused-ring (bicyclic) bond motifs is 3. The molecule has 1 fully saturated rings. The summed E-state index contributed by atoms with van der Waals surface area (Å²) < 4.78 is 0. The summed E-state index contributed by atoms with van der Waals surface area (Å²) >= 11 is 6.63. The topological polar surface area (TPSA) is 87.8 Å². The normalized spacial score (nSPS) is 16.3. The molecule has 4 heterocycles. The van der Waals surface area contributed by atoms with E-state index in [9.17, 15) is 9.59 Å². The molecule has 0 aliphatic carbocycles. The molecule has 2 aromatic carbocycles. The van der Waals surface area contributed by atoms with E-state index in [1.807, 2.05) is 55.7 Å². The number of carbonyl (C=O) groups excluding carboxylic acids is 2. The van der Waals surface area contributed by atoms with Gasteiger partial charge in [0.25, 0.3) is 5.91 Å². The van der Waals surface area contributed by atoms with Gasteiger partial charge in [-0.15, -0.1) is 0 Å². The Balaban J connectivity index is 1.18. The van der Waals surface area contributed by atoms with Crippen molar-refractivity contribution < 1.29 is 9.59 Å². The summed E-state index contributed by atoms with van der Waals surface area (Å²) in [5.74, 6) is -0.253. The fourth-order valence-electron chi connectivity index (χ4n) is 5.75. The van der Waals surface area contributed by atoms with Crippen LogP contribution in [0, 0.1) is 6.92 Å². The molecule has 41 heavy (non-hydrogen) atoms. The minimum Gasteiger partial charge on any atom is -0.346 e. The highest BCUT2D eigenvalue weighted by Crippen LogP contribution is 2.37. The zero-order valence-corrected chi connectivity index (χ0v) is 24.3. The second-order valence-electron chi connectivity index (χ2n) is 10.8. The van der Waals surface area contributed by atoms with E-state index in [1.165, 1.54) is 0 Å². The van der Waals surface area contributed by atoms with Gasteiger partial charge in [-0.3, -0.25) is 19.5 Å². The SMILES string of the molecule is CCN1CCN(Cc2ccc(C(=O)Nc3ccc(C)c(N4Cc5cnc6[nH]ccc6c5N(C)C4=O)c3)cc2Cl)CC1. The number of aryl methyl sites for hydroxylation is 1. The van der Waals surface area contributed by atoms with E-state index in [2.05, 4.69) is 32.0 Å². The van der Waals surface area contributed by atoms with Crippen LogP contribution in [-0.4, -0.2) is 71.5 Å². The Bertz CT molecular complexity index is 1630. The molecule has 3 amide bonds. The standard InChI is InChI=1S/C31H34ClN7O2/c1-4-37-11-13-38(14-12-37)18-22-7-6-21(15-26(22)32)30(40)35-24-8-5-20(2)27(16-24)39-19-23-17-34-29-25(9-10-33-29)28(23)36(3)31(39)41/h5-10,15-17H,4,11-14,18-19H2,1-3H3,(H,33,34)(H,35,40). The van der Waals surface area contributed by atoms with Gasteiger partial charge in [-0.2, -0.15) is 0 Å². The summed E-state index contributed by atoms with van der Waals surface area (Å²) in [7, 11) is 1.78. The summed E-state index contributed by atoms with van der Waals surface area (Å²) in [4.78, 5) is 42.6. The first-order valence-corrected chi connectivity index (χ1v) is 14.4. The van der Waals surface area contributed by atoms with Crippen molar-refractivity contribution in [1.29, 1.82) is 0 Å². The number of hydrogen-bond donors (Lipinski definition) is 2. The van der Waals surface area contributed by atoms with Crippen LogP contribution in [0.15, 0.2) is 54.9 Å². The lowest BCUT2D eigenvalue weighted by Crippen LogP contribution is -2.45. The van der Waals surface area contributed by atoms with Crippen LogP contribution >= 0.6 is 11.6 Å². The van der Waals surface area contributed by atoms with Gasteiger partial charge in [0, 0.05) is 79.4 Å². The molecule has 2 aliphatic rings. The Hall–Kier alpha value is -3.92. The van der Waals surface area contributed by atoms with Crippen LogP contribution in [0.25, 0.3) is 11.0 Å². The molecular weight excluding hydrogens is 538 g/mol. The van der Waals surface area contributed by atoms with Crippen LogP contribution < -0.4 is 15.1 Å². The van der Waals surface area contributed by atoms with Crippen LogP contribution in [0.2, 0.25) is 5.02 Å². The van der Waals surface area contributed by atoms with Crippen molar-refractivity contribution in [2.75, 3.05) is 54.9 Å². The van der Waals surface area contributed by atoms with Gasteiger partial charge in [0.1, 0.15) is 5.65 Å². The van der Waals surface area contributed by atoms with Crippen molar-refractivity contribution in [1.82, 2.24) is 19.8 Å². The summed E-state index contributed by atoms with van der Waals surface area (Å²) in [6.45, 7) is 10.5. The van der Waals surface area contributed by atoms with Crippen molar-refractivity contribution in [3.8, 4) is 0 Å². The zero-order chi connectivity index (χ0) is 28.7. The molecular formula is C31H34ClN7O2. The maximum atomic E-state index is 13.5. The third kappa shape index (κ3) is 5.28. The molecule has 0 saturated carbocycles. The maximum absolute atomic E-state index is 13.5. The molecule has 2 aromatic heterocycles. The quantitative estimate of drug-likeness (QED) is 0.319. The molecule has 212 valence electrons. The number of rotatable bonds is 6. The van der Waals surface area contributed by atoms with E-state index in [-0.39, 0.29) is 11.9 Å². The summed E-state index contributed by atoms with van der Waals surface area (Å²) in [5, 5.41) is 4.49. The van der Waals surface area contributed by atoms with E-state index in [0.717, 1.165) is 78.4 Å². The molecule has 2 aliphatic heterocycles. The fourth-order valence-corrected chi connectivity index (χ4v) is 5.99. The lowest BCUT2D eigenvalue weighted by atomic mass is 10.1. The number of nitrogens with zero attached hydrogens (tertiary/aromatic N) is 5. The van der Waals surface area contributed by atoms with Crippen molar-refractivity contribution in [2.24, 2.45) is 0 Å². The first kappa shape index (κ1) is 27.3. The average Bonchev–Trinajstić information content (AvgIpc) is 3.46. The number of benzene rings is 2. The van der Waals surface area contributed by atoms with Gasteiger partial charge in [-0.25, -0.2) is 9.78 Å². The Morgan fingerprint density at radius 3 is 2.61 bits per heavy atom. The van der Waals surface area contributed by atoms with Gasteiger partial charge in [0.2, 0.25) is 0 Å². The highest BCUT2D eigenvalue weighted by Gasteiger charge is 2.32. The van der Waals surface area contributed by atoms with E-state index >= 15 is 0 Å². The van der Waals surface area contributed by atoms with E-state index < -0.39 is 0 Å². The number of nitrogens with one attached hydrogen (secondary N) is 2. The minimum atomic E-state index is -0.253. The molecule has 2 N–H and O–H groups in total. The number of hydrogen-bond acceptors (Lipinski definition) is 5. The van der Waals surface area contributed by atoms with Gasteiger partial charge in [0.15, 0.2) is 0 Å². The number of halogens is 1. The average molecular weight is 572 g/mol. The molecule has 0 unspecified atom stereocenters. The predicted molar refractivity (Wildman–Crippen MR) is 164 cm³/mol. The number of anilines is 3. The molecule has 0 radical (unpaired) electrons. The molecule has 6 rings (SSSR count). The van der Waals surface area contributed by atoms with Crippen molar-refractivity contribution in [3.05, 3.63) is 82.1 Å². The molecule has 0 spiro atoms. The van der Waals surface area contributed by atoms with Gasteiger partial charge in [-0.1, -0.05) is 30.7 Å². The first-order valence-electron chi connectivity index (χ1n) is 14.0. The molecule has 0 bridgehead atoms. The number of piperazine rings is 1. The molecule has 9 nitrogen and oxygen atoms in total. The second-order valence-corrected chi connectivity index (χ2v) is 11.2. The third-order valence-electron chi connectivity index (χ3n) is 8.19. The number of urea groups is 1. The van der Waals surface area contributed by atoms with Crippen molar-refractivity contribution in [3.63, 3.8) is 0 Å². The number of pyridine rings is 1. The molecule has 0 atom stereocenters. The van der Waals surface area contributed by atoms with Crippen LogP contribution in [0.5, 0.6) is 0 Å². The number of H-pyrrole nitrogens is 1. The largest absolute Gasteiger partial charge is 0.346 e. The van der Waals surface area contributed by atoms with Crippen LogP contribution in [-0.2, 0) is 13.1 Å². The van der Waals surface area contributed by atoms with Gasteiger partial charge < -0.3 is 15.2 Å². The lowest BCUT2D eigenvalue weighted by molar-refractivity contribution is 0.102. The predicted octanol–water partition coefficient (Wildman–Crippen LogP) is 5.49. The summed E-state index contributed by atoms with van der Waals surface area (Å²) in [6, 6.07) is 12.9. The van der Waals surface area contributed by atoms with Gasteiger partial charge in [0.05, 0.1) is 17.9 Å². The highest BCUT2D eigenvalue weighted by molar-refractivity contribution is 6.31. The lowest BCUT2D eigenvalue weighted by Gasteiger charge is -2.36. The number of aromatic amines is 1. The Morgan fingerprint density at radius 1 is 1.07 bits per heavy atom. The van der Waals surface area contributed by atoms with Crippen LogP contribution in [0.4, 0.5) is 21.9 Å². The Labute approximate surface area is 244 Å². The van der Waals surface area contributed by atoms with Crippen LogP contribution in [0.3, 0.4) is 0 Å². The van der Waals surface area contributed by atoms with E-state index in [0.29, 0.717) is 22.8 Å². The number of amides is 3. The van der Waals surface area contributed by atoms with Gasteiger partial charge in [-0.05, 0) is 54.9 Å². The number of aromatic nitrogens is 2.